The number of rotatable bonds is 8. The van der Waals surface area contributed by atoms with Crippen molar-refractivity contribution >= 4 is 23.4 Å². The molecule has 2 heterocycles. The molecular weight excluding hydrogens is 458 g/mol. The molecular formula is C24H24ClN5O2S. The van der Waals surface area contributed by atoms with Crippen molar-refractivity contribution in [2.75, 3.05) is 0 Å². The second-order valence-electron chi connectivity index (χ2n) is 7.87. The topological polar surface area (TPSA) is 78.9 Å². The van der Waals surface area contributed by atoms with Crippen molar-refractivity contribution < 1.29 is 9.15 Å². The highest BCUT2D eigenvalue weighted by molar-refractivity contribution is 7.98. The SMILES string of the molecule is CCn1c(COc2ccc3c(c2)CCCC3)nnc1SCc1nnc(-c2ccc(Cl)cc2)o1. The molecule has 1 aliphatic rings. The van der Waals surface area contributed by atoms with Crippen molar-refractivity contribution in [3.8, 4) is 17.2 Å². The second-order valence-corrected chi connectivity index (χ2v) is 9.24. The van der Waals surface area contributed by atoms with Gasteiger partial charge in [0, 0.05) is 17.1 Å². The van der Waals surface area contributed by atoms with Gasteiger partial charge in [-0.1, -0.05) is 29.4 Å². The highest BCUT2D eigenvalue weighted by Crippen LogP contribution is 2.27. The third-order valence-corrected chi connectivity index (χ3v) is 6.88. The number of halogens is 1. The van der Waals surface area contributed by atoms with Crippen molar-refractivity contribution in [3.05, 3.63) is 70.3 Å². The van der Waals surface area contributed by atoms with Crippen LogP contribution in [0, 0.1) is 0 Å². The zero-order valence-electron chi connectivity index (χ0n) is 18.3. The summed E-state index contributed by atoms with van der Waals surface area (Å²) in [6.07, 6.45) is 4.83. The summed E-state index contributed by atoms with van der Waals surface area (Å²) in [5.41, 5.74) is 3.69. The Hall–Kier alpha value is -2.84. The van der Waals surface area contributed by atoms with E-state index in [9.17, 15) is 0 Å². The maximum absolute atomic E-state index is 6.05. The third kappa shape index (κ3) is 5.07. The molecule has 0 unspecified atom stereocenters. The fraction of sp³-hybridized carbons (Fsp3) is 0.333. The van der Waals surface area contributed by atoms with E-state index in [1.807, 2.05) is 12.1 Å². The van der Waals surface area contributed by atoms with Crippen molar-refractivity contribution in [2.45, 2.75) is 56.7 Å². The van der Waals surface area contributed by atoms with Crippen LogP contribution < -0.4 is 4.74 Å². The molecule has 0 saturated heterocycles. The van der Waals surface area contributed by atoms with E-state index in [1.54, 1.807) is 12.1 Å². The molecule has 0 saturated carbocycles. The Labute approximate surface area is 201 Å². The van der Waals surface area contributed by atoms with Crippen LogP contribution >= 0.6 is 23.4 Å². The molecule has 0 N–H and O–H groups in total. The zero-order valence-corrected chi connectivity index (χ0v) is 19.9. The van der Waals surface area contributed by atoms with Crippen molar-refractivity contribution in [1.82, 2.24) is 25.0 Å². The first-order valence-electron chi connectivity index (χ1n) is 11.1. The van der Waals surface area contributed by atoms with E-state index in [0.29, 0.717) is 29.2 Å². The molecule has 0 radical (unpaired) electrons. The van der Waals surface area contributed by atoms with Crippen LogP contribution in [0.2, 0.25) is 5.02 Å². The van der Waals surface area contributed by atoms with Crippen LogP contribution in [0.1, 0.15) is 42.6 Å². The van der Waals surface area contributed by atoms with Crippen LogP contribution in [-0.2, 0) is 31.7 Å². The second kappa shape index (κ2) is 9.97. The molecule has 0 bridgehead atoms. The van der Waals surface area contributed by atoms with Gasteiger partial charge < -0.3 is 13.7 Å². The van der Waals surface area contributed by atoms with Crippen LogP contribution in [0.3, 0.4) is 0 Å². The minimum Gasteiger partial charge on any atom is -0.486 e. The summed E-state index contributed by atoms with van der Waals surface area (Å²) in [5.74, 6) is 3.19. The molecule has 5 rings (SSSR count). The number of hydrogen-bond acceptors (Lipinski definition) is 7. The summed E-state index contributed by atoms with van der Waals surface area (Å²) in [7, 11) is 0. The van der Waals surface area contributed by atoms with Gasteiger partial charge in [0.2, 0.25) is 11.8 Å². The van der Waals surface area contributed by atoms with Gasteiger partial charge in [0.25, 0.3) is 0 Å². The van der Waals surface area contributed by atoms with Gasteiger partial charge in [0.1, 0.15) is 12.4 Å². The lowest BCUT2D eigenvalue weighted by Crippen LogP contribution is -2.08. The van der Waals surface area contributed by atoms with Gasteiger partial charge >= 0.3 is 0 Å². The van der Waals surface area contributed by atoms with Crippen molar-refractivity contribution in [1.29, 1.82) is 0 Å². The van der Waals surface area contributed by atoms with Gasteiger partial charge in [0.05, 0.1) is 5.75 Å². The summed E-state index contributed by atoms with van der Waals surface area (Å²) >= 11 is 7.46. The first-order valence-corrected chi connectivity index (χ1v) is 12.4. The monoisotopic (exact) mass is 481 g/mol. The Balaban J connectivity index is 1.22. The van der Waals surface area contributed by atoms with Gasteiger partial charge in [-0.25, -0.2) is 0 Å². The molecule has 4 aromatic rings. The highest BCUT2D eigenvalue weighted by Gasteiger charge is 2.16. The van der Waals surface area contributed by atoms with Crippen LogP contribution in [0.4, 0.5) is 0 Å². The molecule has 0 spiro atoms. The molecule has 0 amide bonds. The summed E-state index contributed by atoms with van der Waals surface area (Å²) in [5, 5.41) is 18.5. The number of hydrogen-bond donors (Lipinski definition) is 0. The molecule has 7 nitrogen and oxygen atoms in total. The minimum absolute atomic E-state index is 0.376. The summed E-state index contributed by atoms with van der Waals surface area (Å²) in [6.45, 7) is 3.20. The number of fused-ring (bicyclic) bond motifs is 1. The fourth-order valence-electron chi connectivity index (χ4n) is 3.95. The number of nitrogens with zero attached hydrogens (tertiary/aromatic N) is 5. The van der Waals surface area contributed by atoms with Crippen LogP contribution in [0.25, 0.3) is 11.5 Å². The van der Waals surface area contributed by atoms with E-state index in [0.717, 1.165) is 35.3 Å². The van der Waals surface area contributed by atoms with Gasteiger partial charge in [-0.2, -0.15) is 0 Å². The third-order valence-electron chi connectivity index (χ3n) is 5.68. The quantitative estimate of drug-likeness (QED) is 0.296. The molecule has 9 heteroatoms. The Bertz CT molecular complexity index is 1240. The van der Waals surface area contributed by atoms with Crippen LogP contribution in [0.5, 0.6) is 5.75 Å². The summed E-state index contributed by atoms with van der Waals surface area (Å²) in [4.78, 5) is 0. The molecule has 1 aliphatic carbocycles. The number of benzene rings is 2. The average molecular weight is 482 g/mol. The molecule has 2 aromatic heterocycles. The smallest absolute Gasteiger partial charge is 0.247 e. The van der Waals surface area contributed by atoms with Gasteiger partial charge in [-0.15, -0.1) is 20.4 Å². The minimum atomic E-state index is 0.376. The predicted molar refractivity (Wildman–Crippen MR) is 127 cm³/mol. The van der Waals surface area contributed by atoms with Crippen molar-refractivity contribution in [3.63, 3.8) is 0 Å². The summed E-state index contributed by atoms with van der Waals surface area (Å²) < 4.78 is 13.9. The fourth-order valence-corrected chi connectivity index (χ4v) is 4.93. The molecule has 0 fully saturated rings. The molecule has 33 heavy (non-hydrogen) atoms. The highest BCUT2D eigenvalue weighted by atomic mass is 35.5. The Morgan fingerprint density at radius 1 is 1.00 bits per heavy atom. The Morgan fingerprint density at radius 2 is 1.82 bits per heavy atom. The lowest BCUT2D eigenvalue weighted by molar-refractivity contribution is 0.287. The van der Waals surface area contributed by atoms with Gasteiger partial charge in [0.15, 0.2) is 11.0 Å². The van der Waals surface area contributed by atoms with Gasteiger partial charge in [-0.3, -0.25) is 0 Å². The van der Waals surface area contributed by atoms with E-state index in [1.165, 1.54) is 42.2 Å². The summed E-state index contributed by atoms with van der Waals surface area (Å²) in [6, 6.07) is 13.7. The Morgan fingerprint density at radius 3 is 2.64 bits per heavy atom. The normalized spacial score (nSPS) is 13.2. The largest absolute Gasteiger partial charge is 0.486 e. The standard InChI is InChI=1S/C24H24ClN5O2S/c1-2-30-21(14-31-20-12-9-16-5-3-4-6-18(16)13-20)26-29-24(30)33-15-22-27-28-23(32-22)17-7-10-19(25)11-8-17/h7-13H,2-6,14-15H2,1H3. The van der Waals surface area contributed by atoms with E-state index in [4.69, 9.17) is 20.8 Å². The van der Waals surface area contributed by atoms with Crippen LogP contribution in [0.15, 0.2) is 52.0 Å². The van der Waals surface area contributed by atoms with E-state index in [2.05, 4.69) is 50.1 Å². The molecule has 0 atom stereocenters. The number of thioether (sulfide) groups is 1. The first kappa shape index (κ1) is 22.0. The number of ether oxygens (including phenoxy) is 1. The van der Waals surface area contributed by atoms with Crippen LogP contribution in [-0.4, -0.2) is 25.0 Å². The maximum Gasteiger partial charge on any atom is 0.247 e. The van der Waals surface area contributed by atoms with Gasteiger partial charge in [-0.05, 0) is 80.1 Å². The number of aromatic nitrogens is 5. The zero-order chi connectivity index (χ0) is 22.6. The maximum atomic E-state index is 6.05. The Kier molecular flexibility index (Phi) is 6.64. The predicted octanol–water partition coefficient (Wildman–Crippen LogP) is 5.75. The van der Waals surface area contributed by atoms with E-state index >= 15 is 0 Å². The lowest BCUT2D eigenvalue weighted by atomic mass is 9.92. The number of aryl methyl sites for hydroxylation is 2. The molecule has 170 valence electrons. The molecule has 0 aliphatic heterocycles. The average Bonchev–Trinajstić information content (AvgIpc) is 3.48. The first-order chi connectivity index (χ1) is 16.2. The van der Waals surface area contributed by atoms with E-state index < -0.39 is 0 Å². The van der Waals surface area contributed by atoms with E-state index in [-0.39, 0.29) is 0 Å². The molecule has 2 aromatic carbocycles. The van der Waals surface area contributed by atoms with Crippen molar-refractivity contribution in [2.24, 2.45) is 0 Å². The lowest BCUT2D eigenvalue weighted by Gasteiger charge is -2.16.